The zero-order valence-corrected chi connectivity index (χ0v) is 16.7. The quantitative estimate of drug-likeness (QED) is 0.561. The van der Waals surface area contributed by atoms with E-state index in [0.717, 1.165) is 24.2 Å². The lowest BCUT2D eigenvalue weighted by atomic mass is 10.1. The van der Waals surface area contributed by atoms with Gasteiger partial charge in [0.05, 0.1) is 22.5 Å². The van der Waals surface area contributed by atoms with E-state index in [4.69, 9.17) is 11.6 Å². The van der Waals surface area contributed by atoms with Crippen LogP contribution in [0.3, 0.4) is 0 Å². The molecule has 28 heavy (non-hydrogen) atoms. The molecule has 9 heteroatoms. The number of likely N-dealkylation sites (tertiary alicyclic amines) is 1. The molecule has 1 aromatic heterocycles. The molecule has 2 heterocycles. The third-order valence-corrected chi connectivity index (χ3v) is 5.22. The Morgan fingerprint density at radius 2 is 2.07 bits per heavy atom. The average Bonchev–Trinajstić information content (AvgIpc) is 3.09. The number of halogens is 1. The van der Waals surface area contributed by atoms with Crippen molar-refractivity contribution in [1.29, 1.82) is 0 Å². The monoisotopic (exact) mass is 405 g/mol. The van der Waals surface area contributed by atoms with Crippen molar-refractivity contribution >= 4 is 23.0 Å². The maximum Gasteiger partial charge on any atom is 0.292 e. The van der Waals surface area contributed by atoms with E-state index >= 15 is 0 Å². The molecule has 1 aromatic carbocycles. The van der Waals surface area contributed by atoms with Crippen LogP contribution < -0.4 is 10.9 Å². The van der Waals surface area contributed by atoms with Crippen molar-refractivity contribution in [2.24, 2.45) is 5.92 Å². The Balaban J connectivity index is 1.73. The van der Waals surface area contributed by atoms with Crippen LogP contribution in [0.1, 0.15) is 26.7 Å². The van der Waals surface area contributed by atoms with Crippen molar-refractivity contribution in [2.75, 3.05) is 25.0 Å². The number of nitro groups is 1. The Labute approximate surface area is 168 Å². The first-order chi connectivity index (χ1) is 13.4. The standard InChI is InChI=1S/C19H24ClN5O3/c1-13(2)12-23-9-3-4-16(23)10-21-17-11-22-24(19(26)18(17)20)14-5-7-15(8-6-14)25(27)28/h5-8,11,13,16,21H,3-4,9-10,12H2,1-2H3/t16-/m1/s1. The maximum atomic E-state index is 12.6. The lowest BCUT2D eigenvalue weighted by Crippen LogP contribution is -2.37. The first-order valence-corrected chi connectivity index (χ1v) is 9.75. The minimum Gasteiger partial charge on any atom is -0.381 e. The van der Waals surface area contributed by atoms with Gasteiger partial charge in [-0.2, -0.15) is 9.78 Å². The Morgan fingerprint density at radius 1 is 1.36 bits per heavy atom. The number of rotatable bonds is 7. The molecule has 1 N–H and O–H groups in total. The summed E-state index contributed by atoms with van der Waals surface area (Å²) in [7, 11) is 0. The van der Waals surface area contributed by atoms with Gasteiger partial charge in [-0.3, -0.25) is 19.8 Å². The summed E-state index contributed by atoms with van der Waals surface area (Å²) in [6.07, 6.45) is 3.81. The number of aromatic nitrogens is 2. The second kappa shape index (κ2) is 8.70. The minimum absolute atomic E-state index is 0.0521. The van der Waals surface area contributed by atoms with Gasteiger partial charge in [-0.1, -0.05) is 25.4 Å². The molecule has 1 aliphatic rings. The minimum atomic E-state index is -0.494. The molecule has 0 bridgehead atoms. The second-order valence-electron chi connectivity index (χ2n) is 7.43. The van der Waals surface area contributed by atoms with Gasteiger partial charge < -0.3 is 5.32 Å². The van der Waals surface area contributed by atoms with Gasteiger partial charge >= 0.3 is 0 Å². The molecule has 2 aromatic rings. The second-order valence-corrected chi connectivity index (χ2v) is 7.81. The van der Waals surface area contributed by atoms with Crippen LogP contribution in [0.2, 0.25) is 5.02 Å². The van der Waals surface area contributed by atoms with Gasteiger partial charge in [0.25, 0.3) is 11.2 Å². The molecule has 1 fully saturated rings. The van der Waals surface area contributed by atoms with E-state index in [1.165, 1.54) is 36.9 Å². The Bertz CT molecular complexity index is 897. The molecule has 0 spiro atoms. The van der Waals surface area contributed by atoms with Crippen molar-refractivity contribution in [2.45, 2.75) is 32.7 Å². The van der Waals surface area contributed by atoms with Crippen LogP contribution in [0.5, 0.6) is 0 Å². The van der Waals surface area contributed by atoms with Crippen molar-refractivity contribution in [1.82, 2.24) is 14.7 Å². The number of nitrogens with one attached hydrogen (secondary N) is 1. The third kappa shape index (κ3) is 4.51. The summed E-state index contributed by atoms with van der Waals surface area (Å²) in [5.74, 6) is 0.608. The topological polar surface area (TPSA) is 93.3 Å². The summed E-state index contributed by atoms with van der Waals surface area (Å²) in [6.45, 7) is 7.27. The van der Waals surface area contributed by atoms with Crippen LogP contribution in [-0.2, 0) is 0 Å². The van der Waals surface area contributed by atoms with Gasteiger partial charge in [0.1, 0.15) is 5.02 Å². The Morgan fingerprint density at radius 3 is 2.71 bits per heavy atom. The van der Waals surface area contributed by atoms with Crippen molar-refractivity contribution in [3.05, 3.63) is 56.0 Å². The highest BCUT2D eigenvalue weighted by molar-refractivity contribution is 6.32. The molecule has 3 rings (SSSR count). The number of nitrogens with zero attached hydrogens (tertiary/aromatic N) is 4. The molecule has 0 aliphatic carbocycles. The number of anilines is 1. The van der Waals surface area contributed by atoms with Crippen LogP contribution in [-0.4, -0.2) is 45.3 Å². The summed E-state index contributed by atoms with van der Waals surface area (Å²) in [5, 5.41) is 18.3. The van der Waals surface area contributed by atoms with Crippen LogP contribution in [0.15, 0.2) is 35.3 Å². The molecule has 8 nitrogen and oxygen atoms in total. The smallest absolute Gasteiger partial charge is 0.292 e. The van der Waals surface area contributed by atoms with E-state index < -0.39 is 10.5 Å². The van der Waals surface area contributed by atoms with Crippen molar-refractivity contribution in [3.63, 3.8) is 0 Å². The molecule has 150 valence electrons. The molecule has 0 unspecified atom stereocenters. The van der Waals surface area contributed by atoms with Crippen molar-refractivity contribution in [3.8, 4) is 5.69 Å². The van der Waals surface area contributed by atoms with Crippen LogP contribution >= 0.6 is 11.6 Å². The van der Waals surface area contributed by atoms with E-state index in [1.807, 2.05) is 0 Å². The van der Waals surface area contributed by atoms with E-state index in [-0.39, 0.29) is 10.7 Å². The Kier molecular flexibility index (Phi) is 6.31. The SMILES string of the molecule is CC(C)CN1CCC[C@@H]1CNc1cnn(-c2ccc([N+](=O)[O-])cc2)c(=O)c1Cl. The highest BCUT2D eigenvalue weighted by Crippen LogP contribution is 2.22. The zero-order valence-electron chi connectivity index (χ0n) is 16.0. The molecule has 0 amide bonds. The fourth-order valence-electron chi connectivity index (χ4n) is 3.52. The van der Waals surface area contributed by atoms with Gasteiger partial charge in [-0.05, 0) is 37.4 Å². The van der Waals surface area contributed by atoms with Gasteiger partial charge in [-0.15, -0.1) is 0 Å². The van der Waals surface area contributed by atoms with Gasteiger partial charge in [0.2, 0.25) is 0 Å². The highest BCUT2D eigenvalue weighted by Gasteiger charge is 2.25. The normalized spacial score (nSPS) is 17.2. The number of nitro benzene ring substituents is 1. The fraction of sp³-hybridized carbons (Fsp3) is 0.474. The summed E-state index contributed by atoms with van der Waals surface area (Å²) < 4.78 is 1.14. The first-order valence-electron chi connectivity index (χ1n) is 9.37. The molecule has 1 atom stereocenters. The van der Waals surface area contributed by atoms with E-state index in [2.05, 4.69) is 29.2 Å². The molecular weight excluding hydrogens is 382 g/mol. The van der Waals surface area contributed by atoms with Crippen LogP contribution in [0.4, 0.5) is 11.4 Å². The predicted octanol–water partition coefficient (Wildman–Crippen LogP) is 3.33. The maximum absolute atomic E-state index is 12.6. The number of non-ortho nitro benzene ring substituents is 1. The molecular formula is C19H24ClN5O3. The largest absolute Gasteiger partial charge is 0.381 e. The third-order valence-electron chi connectivity index (χ3n) is 4.85. The molecule has 1 saturated heterocycles. The number of hydrogen-bond donors (Lipinski definition) is 1. The van der Waals surface area contributed by atoms with Gasteiger partial charge in [-0.25, -0.2) is 0 Å². The molecule has 0 radical (unpaired) electrons. The average molecular weight is 406 g/mol. The fourth-order valence-corrected chi connectivity index (χ4v) is 3.71. The summed E-state index contributed by atoms with van der Waals surface area (Å²) in [5.41, 5.74) is 0.402. The summed E-state index contributed by atoms with van der Waals surface area (Å²) >= 11 is 6.28. The summed E-state index contributed by atoms with van der Waals surface area (Å²) in [4.78, 5) is 25.3. The summed E-state index contributed by atoms with van der Waals surface area (Å²) in [6, 6.07) is 6.01. The van der Waals surface area contributed by atoms with E-state index in [0.29, 0.717) is 29.9 Å². The number of hydrogen-bond acceptors (Lipinski definition) is 6. The zero-order chi connectivity index (χ0) is 20.3. The lowest BCUT2D eigenvalue weighted by Gasteiger charge is -2.26. The number of benzene rings is 1. The van der Waals surface area contributed by atoms with Crippen LogP contribution in [0, 0.1) is 16.0 Å². The predicted molar refractivity (Wildman–Crippen MR) is 109 cm³/mol. The van der Waals surface area contributed by atoms with Gasteiger partial charge in [0, 0.05) is 31.3 Å². The Hall–Kier alpha value is -2.45. The van der Waals surface area contributed by atoms with E-state index in [1.54, 1.807) is 0 Å². The van der Waals surface area contributed by atoms with Gasteiger partial charge in [0.15, 0.2) is 0 Å². The molecule has 0 saturated carbocycles. The van der Waals surface area contributed by atoms with Crippen molar-refractivity contribution < 1.29 is 4.92 Å². The van der Waals surface area contributed by atoms with E-state index in [9.17, 15) is 14.9 Å². The lowest BCUT2D eigenvalue weighted by molar-refractivity contribution is -0.384. The highest BCUT2D eigenvalue weighted by atomic mass is 35.5. The molecule has 1 aliphatic heterocycles. The first kappa shape index (κ1) is 20.3. The van der Waals surface area contributed by atoms with Crippen LogP contribution in [0.25, 0.3) is 5.69 Å².